The van der Waals surface area contributed by atoms with Gasteiger partial charge in [0.25, 0.3) is 0 Å². The van der Waals surface area contributed by atoms with Crippen LogP contribution in [0.1, 0.15) is 0 Å². The second-order valence-corrected chi connectivity index (χ2v) is 17.2. The van der Waals surface area contributed by atoms with Crippen LogP contribution in [0.4, 0.5) is 0 Å². The lowest BCUT2D eigenvalue weighted by atomic mass is 9.82. The Labute approximate surface area is 366 Å². The average Bonchev–Trinajstić information content (AvgIpc) is 3.85. The summed E-state index contributed by atoms with van der Waals surface area (Å²) in [5.41, 5.74) is 16.1. The minimum atomic E-state index is 0.838. The monoisotopic (exact) mass is 808 g/mol. The van der Waals surface area contributed by atoms with E-state index in [1.54, 1.807) is 12.4 Å². The minimum Gasteiger partial charge on any atom is -0.261 e. The largest absolute Gasteiger partial charge is 0.261 e. The summed E-state index contributed by atoms with van der Waals surface area (Å²) in [6, 6.07) is 58.8. The number of hydrogen-bond donors (Lipinski definition) is 0. The van der Waals surface area contributed by atoms with Crippen LogP contribution in [0.25, 0.3) is 154 Å². The molecule has 0 radical (unpaired) electrons. The molecule has 2 heterocycles. The second-order valence-electron chi connectivity index (χ2n) is 17.2. The predicted octanol–water partition coefficient (Wildman–Crippen LogP) is 15.6. The standard InChI is InChI=1S/C60H32N4/c1-2-9-33(10-3-1)38-14-6-12-36-29-50-55-43(53(36)38)17-8-18-44(55)58-59(50)57(51-31-61-23-25-63-51)45-22-21-39-42(56(45)60(58)52-32-62-24-26-64-52)20-19-35-27-47-48(30-46(35)39)41-16-7-15-40-37-13-5-4-11-34(37)28-49(47)54(40)41/h1-32H. The van der Waals surface area contributed by atoms with E-state index in [1.165, 1.54) is 104 Å². The molecule has 0 unspecified atom stereocenters. The molecule has 64 heavy (non-hydrogen) atoms. The predicted molar refractivity (Wildman–Crippen MR) is 265 cm³/mol. The number of hydrogen-bond acceptors (Lipinski definition) is 4. The molecule has 0 saturated heterocycles. The van der Waals surface area contributed by atoms with Gasteiger partial charge < -0.3 is 0 Å². The van der Waals surface area contributed by atoms with Crippen LogP contribution in [0, 0.1) is 0 Å². The van der Waals surface area contributed by atoms with Gasteiger partial charge in [0.15, 0.2) is 0 Å². The topological polar surface area (TPSA) is 51.6 Å². The third kappa shape index (κ3) is 4.41. The molecule has 0 N–H and O–H groups in total. The highest BCUT2D eigenvalue weighted by atomic mass is 14.8. The molecule has 0 amide bonds. The first-order chi connectivity index (χ1) is 31.8. The first-order valence-electron chi connectivity index (χ1n) is 21.8. The molecule has 15 rings (SSSR count). The molecule has 0 saturated carbocycles. The van der Waals surface area contributed by atoms with Crippen molar-refractivity contribution in [2.24, 2.45) is 0 Å². The lowest BCUT2D eigenvalue weighted by molar-refractivity contribution is 1.21. The van der Waals surface area contributed by atoms with E-state index in [2.05, 4.69) is 163 Å². The Bertz CT molecular complexity index is 4220. The van der Waals surface area contributed by atoms with Gasteiger partial charge in [-0.1, -0.05) is 133 Å². The highest BCUT2D eigenvalue weighted by Gasteiger charge is 2.33. The lowest BCUT2D eigenvalue weighted by Crippen LogP contribution is -1.97. The summed E-state index contributed by atoms with van der Waals surface area (Å²) in [4.78, 5) is 19.5. The number of nitrogens with zero attached hydrogens (tertiary/aromatic N) is 4. The van der Waals surface area contributed by atoms with E-state index in [0.717, 1.165) is 49.8 Å². The molecule has 11 aromatic carbocycles. The summed E-state index contributed by atoms with van der Waals surface area (Å²) in [7, 11) is 0. The van der Waals surface area contributed by atoms with Crippen LogP contribution in [0.2, 0.25) is 0 Å². The molecule has 2 aliphatic carbocycles. The van der Waals surface area contributed by atoms with Crippen molar-refractivity contribution in [1.29, 1.82) is 0 Å². The van der Waals surface area contributed by atoms with E-state index in [1.807, 2.05) is 24.8 Å². The Balaban J connectivity index is 1.09. The zero-order valence-electron chi connectivity index (χ0n) is 34.3. The molecule has 2 aromatic heterocycles. The third-order valence-electron chi connectivity index (χ3n) is 14.2. The molecule has 4 heteroatoms. The molecule has 2 aliphatic rings. The van der Waals surface area contributed by atoms with Crippen LogP contribution in [0.5, 0.6) is 0 Å². The fraction of sp³-hybridized carbons (Fsp3) is 0. The second kappa shape index (κ2) is 12.5. The first kappa shape index (κ1) is 34.0. The van der Waals surface area contributed by atoms with Crippen molar-refractivity contribution in [2.75, 3.05) is 0 Å². The van der Waals surface area contributed by atoms with Gasteiger partial charge in [0.2, 0.25) is 0 Å². The normalized spacial score (nSPS) is 12.4. The molecule has 0 aliphatic heterocycles. The van der Waals surface area contributed by atoms with Gasteiger partial charge in [-0.05, 0) is 139 Å². The fourth-order valence-corrected chi connectivity index (χ4v) is 11.7. The van der Waals surface area contributed by atoms with Crippen LogP contribution in [-0.4, -0.2) is 19.9 Å². The Morgan fingerprint density at radius 1 is 0.266 bits per heavy atom. The fourth-order valence-electron chi connectivity index (χ4n) is 11.7. The molecule has 4 nitrogen and oxygen atoms in total. The maximum absolute atomic E-state index is 5.11. The van der Waals surface area contributed by atoms with Crippen molar-refractivity contribution in [3.8, 4) is 78.1 Å². The van der Waals surface area contributed by atoms with E-state index in [4.69, 9.17) is 15.0 Å². The maximum Gasteiger partial charge on any atom is 0.0898 e. The zero-order valence-corrected chi connectivity index (χ0v) is 34.3. The van der Waals surface area contributed by atoms with Crippen LogP contribution in [-0.2, 0) is 0 Å². The highest BCUT2D eigenvalue weighted by molar-refractivity contribution is 6.35. The minimum absolute atomic E-state index is 0.838. The van der Waals surface area contributed by atoms with Gasteiger partial charge in [0, 0.05) is 52.4 Å². The molecule has 0 spiro atoms. The number of aromatic nitrogens is 4. The van der Waals surface area contributed by atoms with E-state index in [-0.39, 0.29) is 0 Å². The molecule has 13 aromatic rings. The Kier molecular flexibility index (Phi) is 6.65. The summed E-state index contributed by atoms with van der Waals surface area (Å²) in [5.74, 6) is 0. The Hall–Kier alpha value is -8.60. The van der Waals surface area contributed by atoms with Crippen molar-refractivity contribution in [3.63, 3.8) is 0 Å². The van der Waals surface area contributed by atoms with Gasteiger partial charge in [-0.3, -0.25) is 19.9 Å². The van der Waals surface area contributed by atoms with Crippen LogP contribution in [0.15, 0.2) is 195 Å². The number of rotatable bonds is 3. The van der Waals surface area contributed by atoms with Gasteiger partial charge in [-0.2, -0.15) is 0 Å². The lowest BCUT2D eigenvalue weighted by Gasteiger charge is -2.21. The van der Waals surface area contributed by atoms with Crippen LogP contribution >= 0.6 is 0 Å². The summed E-state index contributed by atoms with van der Waals surface area (Å²) in [6.07, 6.45) is 11.0. The smallest absolute Gasteiger partial charge is 0.0898 e. The average molecular weight is 809 g/mol. The molecule has 0 fully saturated rings. The summed E-state index contributed by atoms with van der Waals surface area (Å²) in [5, 5.41) is 17.2. The van der Waals surface area contributed by atoms with E-state index < -0.39 is 0 Å². The highest BCUT2D eigenvalue weighted by Crippen LogP contribution is 2.60. The molecule has 292 valence electrons. The number of benzene rings is 11. The Morgan fingerprint density at radius 3 is 1.70 bits per heavy atom. The zero-order chi connectivity index (χ0) is 41.6. The number of fused-ring (bicyclic) bond motifs is 15. The van der Waals surface area contributed by atoms with E-state index >= 15 is 0 Å². The van der Waals surface area contributed by atoms with Gasteiger partial charge in [0.05, 0.1) is 23.8 Å². The van der Waals surface area contributed by atoms with Crippen molar-refractivity contribution >= 4 is 75.4 Å². The SMILES string of the molecule is c1ccc(-c2cccc3cc4c5c(cccc5c23)-c2c-4c(-c3cnccn3)c3ccc4c5cc6c(cc5ccc4c3c2-c2cnccn2)-c2cc3ccccc3c3cccc-6c23)cc1. The van der Waals surface area contributed by atoms with Crippen LogP contribution in [0.3, 0.4) is 0 Å². The van der Waals surface area contributed by atoms with E-state index in [0.29, 0.717) is 0 Å². The van der Waals surface area contributed by atoms with Crippen molar-refractivity contribution < 1.29 is 0 Å². The quantitative estimate of drug-likeness (QED) is 0.167. The van der Waals surface area contributed by atoms with Gasteiger partial charge in [-0.25, -0.2) is 0 Å². The molecular formula is C60H32N4. The van der Waals surface area contributed by atoms with Crippen molar-refractivity contribution in [2.45, 2.75) is 0 Å². The summed E-state index contributed by atoms with van der Waals surface area (Å²) >= 11 is 0. The molecular weight excluding hydrogens is 777 g/mol. The summed E-state index contributed by atoms with van der Waals surface area (Å²) < 4.78 is 0. The van der Waals surface area contributed by atoms with Crippen molar-refractivity contribution in [1.82, 2.24) is 19.9 Å². The van der Waals surface area contributed by atoms with Gasteiger partial charge in [0.1, 0.15) is 0 Å². The third-order valence-corrected chi connectivity index (χ3v) is 14.2. The summed E-state index contributed by atoms with van der Waals surface area (Å²) in [6.45, 7) is 0. The van der Waals surface area contributed by atoms with Crippen molar-refractivity contribution in [3.05, 3.63) is 195 Å². The molecule has 0 bridgehead atoms. The van der Waals surface area contributed by atoms with Crippen LogP contribution < -0.4 is 0 Å². The molecule has 0 atom stereocenters. The van der Waals surface area contributed by atoms with Gasteiger partial charge in [-0.15, -0.1) is 0 Å². The van der Waals surface area contributed by atoms with E-state index in [9.17, 15) is 0 Å². The first-order valence-corrected chi connectivity index (χ1v) is 21.8. The maximum atomic E-state index is 5.11. The Morgan fingerprint density at radius 2 is 0.859 bits per heavy atom. The van der Waals surface area contributed by atoms with Gasteiger partial charge >= 0.3 is 0 Å².